The Kier molecular flexibility index (Phi) is 3.43. The number of hydrogen-bond donors (Lipinski definition) is 1. The van der Waals surface area contributed by atoms with Crippen molar-refractivity contribution >= 4 is 34.4 Å². The maximum absolute atomic E-state index is 14.0. The highest BCUT2D eigenvalue weighted by Gasteiger charge is 2.24. The summed E-state index contributed by atoms with van der Waals surface area (Å²) in [4.78, 5) is 16.7. The molecule has 1 amide bonds. The van der Waals surface area contributed by atoms with Crippen LogP contribution >= 0.6 is 11.6 Å². The van der Waals surface area contributed by atoms with E-state index >= 15 is 0 Å². The smallest absolute Gasteiger partial charge is 0.260 e. The number of aromatic nitrogens is 1. The standard InChI is InChI=1S/C18H10ClFN2O2/c19-11-2-1-3-12(17(11)20)22-18(23)16-14-5-4-13(24-14)15(16)10-6-8-21-9-7-10/h1-9H,(H,22,23). The van der Waals surface area contributed by atoms with E-state index in [1.54, 1.807) is 42.7 Å². The molecule has 3 aromatic heterocycles. The van der Waals surface area contributed by atoms with Crippen molar-refractivity contribution in [2.75, 3.05) is 5.32 Å². The number of furan rings is 2. The summed E-state index contributed by atoms with van der Waals surface area (Å²) in [7, 11) is 0. The fraction of sp³-hybridized carbons (Fsp3) is 0. The van der Waals surface area contributed by atoms with Gasteiger partial charge < -0.3 is 9.73 Å². The minimum absolute atomic E-state index is 0.0198. The fourth-order valence-corrected chi connectivity index (χ4v) is 2.84. The van der Waals surface area contributed by atoms with Gasteiger partial charge in [0.1, 0.15) is 11.2 Å². The Morgan fingerprint density at radius 3 is 2.62 bits per heavy atom. The van der Waals surface area contributed by atoms with Crippen LogP contribution in [0.3, 0.4) is 0 Å². The lowest BCUT2D eigenvalue weighted by molar-refractivity contribution is 0.102. The van der Waals surface area contributed by atoms with Crippen LogP contribution in [0.1, 0.15) is 10.4 Å². The van der Waals surface area contributed by atoms with E-state index in [9.17, 15) is 9.18 Å². The highest BCUT2D eigenvalue weighted by atomic mass is 35.5. The lowest BCUT2D eigenvalue weighted by Crippen LogP contribution is -2.14. The van der Waals surface area contributed by atoms with Crippen molar-refractivity contribution in [3.05, 3.63) is 71.3 Å². The second-order valence-corrected chi connectivity index (χ2v) is 5.61. The first-order valence-corrected chi connectivity index (χ1v) is 7.53. The predicted octanol–water partition coefficient (Wildman–Crippen LogP) is 4.98. The molecule has 1 aromatic carbocycles. The summed E-state index contributed by atoms with van der Waals surface area (Å²) >= 11 is 5.75. The third kappa shape index (κ3) is 2.30. The van der Waals surface area contributed by atoms with Crippen molar-refractivity contribution in [3.63, 3.8) is 0 Å². The average Bonchev–Trinajstić information content (AvgIpc) is 3.21. The van der Waals surface area contributed by atoms with Crippen LogP contribution in [0.5, 0.6) is 0 Å². The van der Waals surface area contributed by atoms with Gasteiger partial charge in [-0.3, -0.25) is 9.78 Å². The first-order chi connectivity index (χ1) is 11.6. The third-order valence-electron chi connectivity index (χ3n) is 3.74. The van der Waals surface area contributed by atoms with Gasteiger partial charge in [-0.2, -0.15) is 0 Å². The molecule has 0 saturated heterocycles. The van der Waals surface area contributed by atoms with Crippen LogP contribution in [0.25, 0.3) is 22.3 Å². The molecule has 0 unspecified atom stereocenters. The summed E-state index contributed by atoms with van der Waals surface area (Å²) in [5.74, 6) is -1.13. The van der Waals surface area contributed by atoms with E-state index in [-0.39, 0.29) is 10.7 Å². The van der Waals surface area contributed by atoms with Crippen molar-refractivity contribution in [2.45, 2.75) is 0 Å². The van der Waals surface area contributed by atoms with E-state index in [0.717, 1.165) is 5.56 Å². The van der Waals surface area contributed by atoms with Crippen molar-refractivity contribution in [3.8, 4) is 11.1 Å². The molecule has 0 fully saturated rings. The lowest BCUT2D eigenvalue weighted by atomic mass is 10.00. The minimum Gasteiger partial charge on any atom is -0.456 e. The maximum Gasteiger partial charge on any atom is 0.260 e. The monoisotopic (exact) mass is 340 g/mol. The highest BCUT2D eigenvalue weighted by Crippen LogP contribution is 2.37. The van der Waals surface area contributed by atoms with Crippen LogP contribution in [0.4, 0.5) is 10.1 Å². The zero-order valence-electron chi connectivity index (χ0n) is 12.2. The van der Waals surface area contributed by atoms with Gasteiger partial charge in [-0.15, -0.1) is 0 Å². The first kappa shape index (κ1) is 14.7. The second kappa shape index (κ2) is 5.62. The molecule has 4 nitrogen and oxygen atoms in total. The molecule has 0 spiro atoms. The molecule has 4 aromatic rings. The number of nitrogens with zero attached hydrogens (tertiary/aromatic N) is 1. The van der Waals surface area contributed by atoms with E-state index in [2.05, 4.69) is 10.3 Å². The zero-order valence-corrected chi connectivity index (χ0v) is 13.0. The molecular weight excluding hydrogens is 331 g/mol. The average molecular weight is 341 g/mol. The summed E-state index contributed by atoms with van der Waals surface area (Å²) in [6.07, 6.45) is 3.27. The van der Waals surface area contributed by atoms with E-state index < -0.39 is 11.7 Å². The topological polar surface area (TPSA) is 55.1 Å². The molecule has 6 heteroatoms. The van der Waals surface area contributed by atoms with Gasteiger partial charge in [-0.25, -0.2) is 4.39 Å². The van der Waals surface area contributed by atoms with E-state index in [1.165, 1.54) is 12.1 Å². The second-order valence-electron chi connectivity index (χ2n) is 5.21. The number of amides is 1. The lowest BCUT2D eigenvalue weighted by Gasteiger charge is -2.09. The SMILES string of the molecule is O=C(Nc1cccc(Cl)c1F)c1c(-c2ccncc2)c2ccc1o2. The molecular formula is C18H10ClFN2O2. The van der Waals surface area contributed by atoms with E-state index in [4.69, 9.17) is 16.0 Å². The number of rotatable bonds is 3. The summed E-state index contributed by atoms with van der Waals surface area (Å²) in [5.41, 5.74) is 2.88. The summed E-state index contributed by atoms with van der Waals surface area (Å²) in [6.45, 7) is 0. The van der Waals surface area contributed by atoms with Gasteiger partial charge in [0.25, 0.3) is 5.91 Å². The number of anilines is 1. The number of nitrogens with one attached hydrogen (secondary N) is 1. The van der Waals surface area contributed by atoms with Crippen LogP contribution in [-0.2, 0) is 0 Å². The van der Waals surface area contributed by atoms with Crippen molar-refractivity contribution in [1.29, 1.82) is 0 Å². The van der Waals surface area contributed by atoms with Gasteiger partial charge in [0, 0.05) is 18.0 Å². The van der Waals surface area contributed by atoms with Crippen LogP contribution in [0.2, 0.25) is 5.02 Å². The first-order valence-electron chi connectivity index (χ1n) is 7.16. The Morgan fingerprint density at radius 2 is 1.83 bits per heavy atom. The van der Waals surface area contributed by atoms with Gasteiger partial charge in [0.05, 0.1) is 16.3 Å². The molecule has 0 aliphatic heterocycles. The normalized spacial score (nSPS) is 11.1. The molecule has 0 aliphatic rings. The number of carbonyl (C=O) groups excluding carboxylic acids is 1. The van der Waals surface area contributed by atoms with Gasteiger partial charge in [0.15, 0.2) is 5.82 Å². The summed E-state index contributed by atoms with van der Waals surface area (Å²) in [5, 5.41) is 2.50. The van der Waals surface area contributed by atoms with Crippen LogP contribution in [0, 0.1) is 5.82 Å². The quantitative estimate of drug-likeness (QED) is 0.572. The molecule has 3 heterocycles. The van der Waals surface area contributed by atoms with Crippen molar-refractivity contribution in [1.82, 2.24) is 4.98 Å². The number of pyridine rings is 1. The number of benzene rings is 2. The number of carbonyl (C=O) groups is 1. The highest BCUT2D eigenvalue weighted by molar-refractivity contribution is 6.31. The number of hydrogen-bond acceptors (Lipinski definition) is 3. The molecule has 24 heavy (non-hydrogen) atoms. The Morgan fingerprint density at radius 1 is 1.08 bits per heavy atom. The predicted molar refractivity (Wildman–Crippen MR) is 90.0 cm³/mol. The molecule has 0 atom stereocenters. The molecule has 0 radical (unpaired) electrons. The third-order valence-corrected chi connectivity index (χ3v) is 4.04. The Hall–Kier alpha value is -2.92. The van der Waals surface area contributed by atoms with Crippen LogP contribution in [-0.4, -0.2) is 10.9 Å². The van der Waals surface area contributed by atoms with Crippen molar-refractivity contribution in [2.24, 2.45) is 0 Å². The van der Waals surface area contributed by atoms with Gasteiger partial charge in [-0.1, -0.05) is 17.7 Å². The Balaban J connectivity index is 1.78. The maximum atomic E-state index is 14.0. The van der Waals surface area contributed by atoms with Crippen LogP contribution < -0.4 is 5.32 Å². The number of fused-ring (bicyclic) bond motifs is 2. The molecule has 4 rings (SSSR count). The summed E-state index contributed by atoms with van der Waals surface area (Å²) in [6, 6.07) is 11.5. The Bertz CT molecular complexity index is 1030. The number of halogens is 2. The molecule has 0 saturated carbocycles. The van der Waals surface area contributed by atoms with Gasteiger partial charge >= 0.3 is 0 Å². The van der Waals surface area contributed by atoms with Crippen molar-refractivity contribution < 1.29 is 13.6 Å². The zero-order chi connectivity index (χ0) is 16.7. The van der Waals surface area contributed by atoms with E-state index in [0.29, 0.717) is 22.3 Å². The molecule has 1 N–H and O–H groups in total. The molecule has 0 aliphatic carbocycles. The summed E-state index contributed by atoms with van der Waals surface area (Å²) < 4.78 is 19.6. The largest absolute Gasteiger partial charge is 0.456 e. The minimum atomic E-state index is -0.671. The van der Waals surface area contributed by atoms with Gasteiger partial charge in [-0.05, 0) is 42.0 Å². The Labute approximate surface area is 141 Å². The van der Waals surface area contributed by atoms with Crippen LogP contribution in [0.15, 0.2) is 59.3 Å². The molecule has 2 bridgehead atoms. The van der Waals surface area contributed by atoms with Gasteiger partial charge in [0.2, 0.25) is 0 Å². The van der Waals surface area contributed by atoms with E-state index in [1.807, 2.05) is 0 Å². The molecule has 118 valence electrons. The fourth-order valence-electron chi connectivity index (χ4n) is 2.67.